The second kappa shape index (κ2) is 11.2. The molecular formula is C49H33NO2. The highest BCUT2D eigenvalue weighted by atomic mass is 16.5. The highest BCUT2D eigenvalue weighted by Gasteiger charge is 2.51. The van der Waals surface area contributed by atoms with E-state index < -0.39 is 5.41 Å². The molecule has 2 aliphatic heterocycles. The molecule has 0 saturated carbocycles. The van der Waals surface area contributed by atoms with E-state index in [4.69, 9.17) is 9.47 Å². The molecule has 1 aromatic heterocycles. The summed E-state index contributed by atoms with van der Waals surface area (Å²) in [4.78, 5) is 0. The Hall–Kier alpha value is -6.58. The van der Waals surface area contributed by atoms with Crippen molar-refractivity contribution in [3.05, 3.63) is 204 Å². The van der Waals surface area contributed by atoms with E-state index in [1.54, 1.807) is 0 Å². The Morgan fingerprint density at radius 1 is 0.500 bits per heavy atom. The average Bonchev–Trinajstić information content (AvgIpc) is 3.56. The van der Waals surface area contributed by atoms with Gasteiger partial charge in [-0.15, -0.1) is 0 Å². The molecule has 246 valence electrons. The molecule has 7 aromatic carbocycles. The summed E-state index contributed by atoms with van der Waals surface area (Å²) in [5.41, 5.74) is 10.7. The Labute approximate surface area is 302 Å². The first-order chi connectivity index (χ1) is 25.8. The summed E-state index contributed by atoms with van der Waals surface area (Å²) >= 11 is 0. The van der Waals surface area contributed by atoms with Crippen LogP contribution in [0.15, 0.2) is 182 Å². The lowest BCUT2D eigenvalue weighted by molar-refractivity contribution is 0.400. The molecule has 3 nitrogen and oxygen atoms in total. The van der Waals surface area contributed by atoms with Gasteiger partial charge in [0.25, 0.3) is 0 Å². The first-order valence-electron chi connectivity index (χ1n) is 18.0. The van der Waals surface area contributed by atoms with Crippen molar-refractivity contribution < 1.29 is 9.47 Å². The zero-order chi connectivity index (χ0) is 34.2. The van der Waals surface area contributed by atoms with Crippen LogP contribution in [0.2, 0.25) is 0 Å². The zero-order valence-electron chi connectivity index (χ0n) is 28.4. The third-order valence-corrected chi connectivity index (χ3v) is 11.2. The lowest BCUT2D eigenvalue weighted by Crippen LogP contribution is -2.37. The number of rotatable bonds is 3. The molecule has 8 aromatic rings. The fourth-order valence-corrected chi connectivity index (χ4v) is 9.08. The zero-order valence-corrected chi connectivity index (χ0v) is 28.4. The molecule has 1 spiro atoms. The first-order valence-corrected chi connectivity index (χ1v) is 18.0. The van der Waals surface area contributed by atoms with E-state index in [-0.39, 0.29) is 6.04 Å². The maximum Gasteiger partial charge on any atom is 0.140 e. The predicted octanol–water partition coefficient (Wildman–Crippen LogP) is 12.8. The van der Waals surface area contributed by atoms with E-state index in [0.29, 0.717) is 0 Å². The van der Waals surface area contributed by atoms with E-state index in [0.717, 1.165) is 73.9 Å². The number of hydrogen-bond donors (Lipinski definition) is 0. The van der Waals surface area contributed by atoms with Crippen LogP contribution in [-0.2, 0) is 5.41 Å². The van der Waals surface area contributed by atoms with E-state index >= 15 is 0 Å². The summed E-state index contributed by atoms with van der Waals surface area (Å²) in [6, 6.07) is 56.7. The Morgan fingerprint density at radius 3 is 2.00 bits per heavy atom. The molecule has 0 bridgehead atoms. The number of nitrogens with zero attached hydrogens (tertiary/aromatic N) is 1. The number of ether oxygens (including phenoxy) is 2. The average molecular weight is 668 g/mol. The van der Waals surface area contributed by atoms with Gasteiger partial charge in [0.1, 0.15) is 23.0 Å². The molecule has 11 rings (SSSR count). The van der Waals surface area contributed by atoms with Crippen molar-refractivity contribution >= 4 is 21.8 Å². The van der Waals surface area contributed by atoms with Crippen LogP contribution in [0.1, 0.15) is 34.7 Å². The van der Waals surface area contributed by atoms with Crippen LogP contribution in [0.25, 0.3) is 44.1 Å². The first kappa shape index (κ1) is 29.2. The van der Waals surface area contributed by atoms with Gasteiger partial charge in [0.2, 0.25) is 0 Å². The summed E-state index contributed by atoms with van der Waals surface area (Å²) in [5, 5.41) is 2.51. The van der Waals surface area contributed by atoms with Gasteiger partial charge >= 0.3 is 0 Å². The van der Waals surface area contributed by atoms with Crippen molar-refractivity contribution in [1.29, 1.82) is 0 Å². The molecule has 3 heteroatoms. The molecule has 3 heterocycles. The molecule has 2 atom stereocenters. The molecular weight excluding hydrogens is 635 g/mol. The van der Waals surface area contributed by atoms with E-state index in [1.807, 2.05) is 0 Å². The lowest BCUT2D eigenvalue weighted by atomic mass is 9.62. The molecule has 0 saturated heterocycles. The predicted molar refractivity (Wildman–Crippen MR) is 211 cm³/mol. The molecule has 1 aliphatic carbocycles. The quantitative estimate of drug-likeness (QED) is 0.187. The van der Waals surface area contributed by atoms with Gasteiger partial charge in [-0.25, -0.2) is 0 Å². The van der Waals surface area contributed by atoms with Crippen molar-refractivity contribution in [3.63, 3.8) is 0 Å². The van der Waals surface area contributed by atoms with Crippen molar-refractivity contribution in [2.45, 2.75) is 17.9 Å². The molecule has 52 heavy (non-hydrogen) atoms. The fourth-order valence-electron chi connectivity index (χ4n) is 9.08. The standard InChI is InChI=1S/C49H33NO2/c1-3-15-32(16-4-1)33-29-30-41-46(31-33)51-44-27-11-8-23-39(44)49(41)40-24-9-12-28-45(40)52-48-38(22-14-25-42(48)49)37-21-13-20-36-35-19-7-10-26-43(35)50(47(36)37)34-17-5-2-6-18-34/h1-17,19-31,34H,18H2. The topological polar surface area (TPSA) is 23.4 Å². The van der Waals surface area contributed by atoms with Gasteiger partial charge in [-0.2, -0.15) is 0 Å². The van der Waals surface area contributed by atoms with Gasteiger partial charge < -0.3 is 14.0 Å². The molecule has 2 unspecified atom stereocenters. The van der Waals surface area contributed by atoms with Crippen LogP contribution in [0.3, 0.4) is 0 Å². The summed E-state index contributed by atoms with van der Waals surface area (Å²) < 4.78 is 16.5. The van der Waals surface area contributed by atoms with Gasteiger partial charge in [-0.1, -0.05) is 158 Å². The van der Waals surface area contributed by atoms with Gasteiger partial charge in [0.05, 0.1) is 17.0 Å². The number of para-hydroxylation sites is 5. The largest absolute Gasteiger partial charge is 0.457 e. The second-order valence-corrected chi connectivity index (χ2v) is 13.9. The summed E-state index contributed by atoms with van der Waals surface area (Å²) in [5.74, 6) is 3.43. The van der Waals surface area contributed by atoms with Gasteiger partial charge in [0, 0.05) is 49.7 Å². The Bertz CT molecular complexity index is 2770. The van der Waals surface area contributed by atoms with Crippen LogP contribution in [0.5, 0.6) is 23.0 Å². The minimum atomic E-state index is -0.683. The van der Waals surface area contributed by atoms with Crippen LogP contribution in [-0.4, -0.2) is 4.57 Å². The molecule has 0 amide bonds. The van der Waals surface area contributed by atoms with Crippen molar-refractivity contribution in [2.24, 2.45) is 0 Å². The second-order valence-electron chi connectivity index (χ2n) is 13.9. The van der Waals surface area contributed by atoms with E-state index in [9.17, 15) is 0 Å². The number of aromatic nitrogens is 1. The van der Waals surface area contributed by atoms with Crippen molar-refractivity contribution in [3.8, 4) is 45.3 Å². The minimum Gasteiger partial charge on any atom is -0.457 e. The summed E-state index contributed by atoms with van der Waals surface area (Å²) in [7, 11) is 0. The van der Waals surface area contributed by atoms with E-state index in [1.165, 1.54) is 21.8 Å². The van der Waals surface area contributed by atoms with Gasteiger partial charge in [0.15, 0.2) is 0 Å². The number of allylic oxidation sites excluding steroid dienone is 4. The van der Waals surface area contributed by atoms with Crippen LogP contribution < -0.4 is 9.47 Å². The van der Waals surface area contributed by atoms with Crippen LogP contribution in [0, 0.1) is 0 Å². The van der Waals surface area contributed by atoms with Crippen LogP contribution >= 0.6 is 0 Å². The minimum absolute atomic E-state index is 0.203. The highest BCUT2D eigenvalue weighted by molar-refractivity contribution is 6.13. The van der Waals surface area contributed by atoms with Crippen molar-refractivity contribution in [1.82, 2.24) is 4.57 Å². The van der Waals surface area contributed by atoms with Crippen LogP contribution in [0.4, 0.5) is 0 Å². The van der Waals surface area contributed by atoms with Gasteiger partial charge in [-0.3, -0.25) is 0 Å². The Kier molecular flexibility index (Phi) is 6.29. The maximum atomic E-state index is 7.15. The molecule has 0 N–H and O–H groups in total. The number of hydrogen-bond acceptors (Lipinski definition) is 2. The Morgan fingerprint density at radius 2 is 1.17 bits per heavy atom. The van der Waals surface area contributed by atoms with Crippen molar-refractivity contribution in [2.75, 3.05) is 0 Å². The summed E-state index contributed by atoms with van der Waals surface area (Å²) in [6.45, 7) is 0. The SMILES string of the molecule is C1=CCC(n2c3ccccc3c3cccc(-c4cccc5c4Oc4ccccc4C54c5ccccc5Oc5cc(-c6ccccc6)ccc54)c32)C=C1. The molecule has 3 aliphatic rings. The smallest absolute Gasteiger partial charge is 0.140 e. The maximum absolute atomic E-state index is 7.15. The Balaban J connectivity index is 1.23. The lowest BCUT2D eigenvalue weighted by Gasteiger charge is -2.45. The third-order valence-electron chi connectivity index (χ3n) is 11.2. The molecule has 0 radical (unpaired) electrons. The normalized spacial score (nSPS) is 18.0. The highest BCUT2D eigenvalue weighted by Crippen LogP contribution is 2.63. The van der Waals surface area contributed by atoms with Gasteiger partial charge in [-0.05, 0) is 41.8 Å². The van der Waals surface area contributed by atoms with E-state index in [2.05, 4.69) is 187 Å². The summed E-state index contributed by atoms with van der Waals surface area (Å²) in [6.07, 6.45) is 9.86. The number of benzene rings is 7. The monoisotopic (exact) mass is 667 g/mol. The molecule has 0 fully saturated rings. The number of fused-ring (bicyclic) bond motifs is 11. The fraction of sp³-hybridized carbons (Fsp3) is 0.0612. The third kappa shape index (κ3) is 4.02.